The first-order valence-corrected chi connectivity index (χ1v) is 7.96. The molecule has 1 unspecified atom stereocenters. The minimum atomic E-state index is -1.07. The third-order valence-corrected chi connectivity index (χ3v) is 4.00. The molecule has 0 radical (unpaired) electrons. The van der Waals surface area contributed by atoms with Crippen LogP contribution in [-0.2, 0) is 4.79 Å². The summed E-state index contributed by atoms with van der Waals surface area (Å²) in [5.74, 6) is -0.371. The van der Waals surface area contributed by atoms with E-state index >= 15 is 0 Å². The SMILES string of the molecule is CC(Oc1ccc2c(c1)O/C(=C/c1ccc(Br)cc1)C2=O)C(=O)O. The van der Waals surface area contributed by atoms with Crippen LogP contribution in [0.3, 0.4) is 0 Å². The Labute approximate surface area is 146 Å². The van der Waals surface area contributed by atoms with Crippen LogP contribution in [0, 0.1) is 0 Å². The van der Waals surface area contributed by atoms with Gasteiger partial charge in [-0.1, -0.05) is 28.1 Å². The first kappa shape index (κ1) is 16.3. The zero-order valence-electron chi connectivity index (χ0n) is 12.7. The van der Waals surface area contributed by atoms with Crippen LogP contribution in [0.25, 0.3) is 6.08 Å². The molecule has 5 nitrogen and oxygen atoms in total. The minimum absolute atomic E-state index is 0.217. The minimum Gasteiger partial charge on any atom is -0.479 e. The van der Waals surface area contributed by atoms with Crippen molar-refractivity contribution < 1.29 is 24.2 Å². The lowest BCUT2D eigenvalue weighted by Gasteiger charge is -2.10. The maximum atomic E-state index is 12.4. The number of carbonyl (C=O) groups is 2. The lowest BCUT2D eigenvalue weighted by molar-refractivity contribution is -0.144. The Kier molecular flexibility index (Phi) is 4.40. The third-order valence-electron chi connectivity index (χ3n) is 3.47. The molecule has 0 aromatic heterocycles. The average molecular weight is 389 g/mol. The van der Waals surface area contributed by atoms with Gasteiger partial charge in [-0.3, -0.25) is 4.79 Å². The Hall–Kier alpha value is -2.60. The second-order valence-corrected chi connectivity index (χ2v) is 6.16. The zero-order valence-corrected chi connectivity index (χ0v) is 14.2. The molecule has 0 spiro atoms. The Morgan fingerprint density at radius 1 is 1.25 bits per heavy atom. The third kappa shape index (κ3) is 3.33. The number of carbonyl (C=O) groups excluding carboxylic acids is 1. The summed E-state index contributed by atoms with van der Waals surface area (Å²) < 4.78 is 11.8. The maximum Gasteiger partial charge on any atom is 0.344 e. The number of Topliss-reactive ketones (excluding diaryl/α,β-unsaturated/α-hetero) is 1. The number of rotatable bonds is 4. The second-order valence-electron chi connectivity index (χ2n) is 5.25. The zero-order chi connectivity index (χ0) is 17.3. The van der Waals surface area contributed by atoms with E-state index in [9.17, 15) is 9.59 Å². The molecule has 0 bridgehead atoms. The van der Waals surface area contributed by atoms with Crippen LogP contribution in [0.1, 0.15) is 22.8 Å². The van der Waals surface area contributed by atoms with Crippen LogP contribution >= 0.6 is 15.9 Å². The lowest BCUT2D eigenvalue weighted by Crippen LogP contribution is -2.22. The van der Waals surface area contributed by atoms with Crippen molar-refractivity contribution in [3.05, 3.63) is 63.8 Å². The van der Waals surface area contributed by atoms with E-state index in [1.807, 2.05) is 24.3 Å². The fraction of sp³-hybridized carbons (Fsp3) is 0.111. The van der Waals surface area contributed by atoms with Gasteiger partial charge in [0, 0.05) is 10.5 Å². The molecule has 0 fully saturated rings. The molecule has 122 valence electrons. The van der Waals surface area contributed by atoms with Gasteiger partial charge in [-0.25, -0.2) is 4.79 Å². The van der Waals surface area contributed by atoms with Gasteiger partial charge in [0.05, 0.1) is 5.56 Å². The molecule has 0 saturated carbocycles. The summed E-state index contributed by atoms with van der Waals surface area (Å²) >= 11 is 3.36. The van der Waals surface area contributed by atoms with Crippen molar-refractivity contribution in [1.82, 2.24) is 0 Å². The fourth-order valence-corrected chi connectivity index (χ4v) is 2.47. The van der Waals surface area contributed by atoms with Gasteiger partial charge in [-0.15, -0.1) is 0 Å². The highest BCUT2D eigenvalue weighted by Gasteiger charge is 2.28. The summed E-state index contributed by atoms with van der Waals surface area (Å²) in [5.41, 5.74) is 1.26. The molecule has 1 aliphatic heterocycles. The average Bonchev–Trinajstić information content (AvgIpc) is 2.85. The summed E-state index contributed by atoms with van der Waals surface area (Å²) in [5, 5.41) is 8.88. The number of hydrogen-bond acceptors (Lipinski definition) is 4. The van der Waals surface area contributed by atoms with E-state index in [1.54, 1.807) is 18.2 Å². The first-order valence-electron chi connectivity index (χ1n) is 7.17. The van der Waals surface area contributed by atoms with Gasteiger partial charge in [0.15, 0.2) is 11.9 Å². The molecule has 1 heterocycles. The highest BCUT2D eigenvalue weighted by atomic mass is 79.9. The molecular formula is C18H13BrO5. The number of allylic oxidation sites excluding steroid dienone is 1. The Morgan fingerprint density at radius 3 is 2.62 bits per heavy atom. The summed E-state index contributed by atoms with van der Waals surface area (Å²) in [7, 11) is 0. The summed E-state index contributed by atoms with van der Waals surface area (Å²) in [4.78, 5) is 23.2. The molecule has 2 aromatic carbocycles. The molecule has 1 N–H and O–H groups in total. The van der Waals surface area contributed by atoms with Gasteiger partial charge in [0.25, 0.3) is 0 Å². The molecule has 0 amide bonds. The Balaban J connectivity index is 1.84. The van der Waals surface area contributed by atoms with Crippen molar-refractivity contribution in [3.8, 4) is 11.5 Å². The van der Waals surface area contributed by atoms with E-state index in [1.165, 1.54) is 13.0 Å². The second kappa shape index (κ2) is 6.49. The number of ether oxygens (including phenoxy) is 2. The van der Waals surface area contributed by atoms with E-state index in [0.29, 0.717) is 17.1 Å². The number of aliphatic carboxylic acids is 1. The molecule has 24 heavy (non-hydrogen) atoms. The van der Waals surface area contributed by atoms with Crippen LogP contribution in [0.5, 0.6) is 11.5 Å². The number of ketones is 1. The molecule has 6 heteroatoms. The Bertz CT molecular complexity index is 839. The summed E-state index contributed by atoms with van der Waals surface area (Å²) in [6.45, 7) is 1.43. The predicted molar refractivity (Wildman–Crippen MR) is 91.2 cm³/mol. The predicted octanol–water partition coefficient (Wildman–Crippen LogP) is 3.92. The van der Waals surface area contributed by atoms with E-state index in [2.05, 4.69) is 15.9 Å². The lowest BCUT2D eigenvalue weighted by atomic mass is 10.1. The van der Waals surface area contributed by atoms with Gasteiger partial charge in [-0.05, 0) is 42.8 Å². The van der Waals surface area contributed by atoms with Gasteiger partial charge in [0.1, 0.15) is 11.5 Å². The largest absolute Gasteiger partial charge is 0.479 e. The van der Waals surface area contributed by atoms with Crippen LogP contribution in [0.15, 0.2) is 52.7 Å². The van der Waals surface area contributed by atoms with E-state index in [0.717, 1.165) is 10.0 Å². The van der Waals surface area contributed by atoms with Gasteiger partial charge in [-0.2, -0.15) is 0 Å². The quantitative estimate of drug-likeness (QED) is 0.803. The molecular weight excluding hydrogens is 376 g/mol. The van der Waals surface area contributed by atoms with Crippen LogP contribution in [0.2, 0.25) is 0 Å². The van der Waals surface area contributed by atoms with Gasteiger partial charge in [0.2, 0.25) is 5.78 Å². The van der Waals surface area contributed by atoms with Crippen LogP contribution in [0.4, 0.5) is 0 Å². The van der Waals surface area contributed by atoms with Crippen molar-refractivity contribution in [1.29, 1.82) is 0 Å². The standard InChI is InChI=1S/C18H13BrO5/c1-10(18(21)22)23-13-6-7-14-15(9-13)24-16(17(14)20)8-11-2-4-12(19)5-3-11/h2-10H,1H3,(H,21,22)/b16-8+. The van der Waals surface area contributed by atoms with E-state index in [4.69, 9.17) is 14.6 Å². The maximum absolute atomic E-state index is 12.4. The Morgan fingerprint density at radius 2 is 1.96 bits per heavy atom. The molecule has 3 rings (SSSR count). The molecule has 0 saturated heterocycles. The normalized spacial score (nSPS) is 15.8. The first-order chi connectivity index (χ1) is 11.4. The number of hydrogen-bond donors (Lipinski definition) is 1. The van der Waals surface area contributed by atoms with Crippen LogP contribution < -0.4 is 9.47 Å². The van der Waals surface area contributed by atoms with Crippen molar-refractivity contribution in [2.45, 2.75) is 13.0 Å². The molecule has 1 aliphatic rings. The van der Waals surface area contributed by atoms with Crippen molar-refractivity contribution >= 4 is 33.8 Å². The van der Waals surface area contributed by atoms with E-state index < -0.39 is 12.1 Å². The summed E-state index contributed by atoms with van der Waals surface area (Å²) in [6.07, 6.45) is 0.674. The van der Waals surface area contributed by atoms with Gasteiger partial charge < -0.3 is 14.6 Å². The summed E-state index contributed by atoms with van der Waals surface area (Å²) in [6, 6.07) is 12.1. The molecule has 1 atom stereocenters. The molecule has 2 aromatic rings. The monoisotopic (exact) mass is 388 g/mol. The van der Waals surface area contributed by atoms with E-state index in [-0.39, 0.29) is 11.5 Å². The van der Waals surface area contributed by atoms with Crippen LogP contribution in [-0.4, -0.2) is 23.0 Å². The van der Waals surface area contributed by atoms with Crippen molar-refractivity contribution in [3.63, 3.8) is 0 Å². The van der Waals surface area contributed by atoms with Crippen molar-refractivity contribution in [2.24, 2.45) is 0 Å². The number of benzene rings is 2. The number of carboxylic acid groups (broad SMARTS) is 1. The molecule has 0 aliphatic carbocycles. The van der Waals surface area contributed by atoms with Crippen molar-refractivity contribution in [2.75, 3.05) is 0 Å². The number of carboxylic acids is 1. The highest BCUT2D eigenvalue weighted by Crippen LogP contribution is 2.35. The smallest absolute Gasteiger partial charge is 0.344 e. The number of halogens is 1. The highest BCUT2D eigenvalue weighted by molar-refractivity contribution is 9.10. The topological polar surface area (TPSA) is 72.8 Å². The van der Waals surface area contributed by atoms with Gasteiger partial charge >= 0.3 is 5.97 Å². The fourth-order valence-electron chi connectivity index (χ4n) is 2.21. The number of fused-ring (bicyclic) bond motifs is 1.